The Morgan fingerprint density at radius 2 is 1.89 bits per heavy atom. The zero-order valence-electron chi connectivity index (χ0n) is 17.1. The predicted octanol–water partition coefficient (Wildman–Crippen LogP) is 0.321. The maximum atomic E-state index is 12.6. The van der Waals surface area contributed by atoms with Crippen molar-refractivity contribution in [3.05, 3.63) is 10.4 Å². The number of carbonyl (C=O) groups excluding carboxylic acids is 3. The van der Waals surface area contributed by atoms with Crippen LogP contribution in [0.4, 0.5) is 0 Å². The van der Waals surface area contributed by atoms with Gasteiger partial charge in [0.2, 0.25) is 5.91 Å². The van der Waals surface area contributed by atoms with Crippen LogP contribution in [0.3, 0.4) is 0 Å². The topological polar surface area (TPSA) is 145 Å². The molecule has 0 heterocycles. The molecular formula is C17H33N7O3. The Hall–Kier alpha value is -2.00. The minimum absolute atomic E-state index is 0.0302. The summed E-state index contributed by atoms with van der Waals surface area (Å²) in [5, 5.41) is 6.52. The summed E-state index contributed by atoms with van der Waals surface area (Å²) in [5.74, 6) is -0.380. The molecule has 0 spiro atoms. The first-order valence-corrected chi connectivity index (χ1v) is 9.03. The lowest BCUT2D eigenvalue weighted by Crippen LogP contribution is -2.54. The minimum atomic E-state index is -0.895. The molecule has 0 aromatic rings. The highest BCUT2D eigenvalue weighted by Crippen LogP contribution is 2.15. The van der Waals surface area contributed by atoms with Gasteiger partial charge in [-0.15, -0.1) is 0 Å². The van der Waals surface area contributed by atoms with Crippen LogP contribution in [0.5, 0.6) is 0 Å². The van der Waals surface area contributed by atoms with E-state index in [2.05, 4.69) is 15.3 Å². The molecule has 0 saturated carbocycles. The molecule has 10 heteroatoms. The molecule has 27 heavy (non-hydrogen) atoms. The summed E-state index contributed by atoms with van der Waals surface area (Å²) >= 11 is 0. The Morgan fingerprint density at radius 3 is 2.44 bits per heavy atom. The largest absolute Gasteiger partial charge is 0.338 e. The molecule has 1 amide bonds. The maximum absolute atomic E-state index is 12.6. The summed E-state index contributed by atoms with van der Waals surface area (Å²) in [5.41, 5.74) is 12.7. The van der Waals surface area contributed by atoms with Crippen molar-refractivity contribution >= 4 is 17.5 Å². The number of carbonyl (C=O) groups is 3. The van der Waals surface area contributed by atoms with E-state index in [9.17, 15) is 14.4 Å². The van der Waals surface area contributed by atoms with Crippen molar-refractivity contribution in [2.45, 2.75) is 45.2 Å². The lowest BCUT2D eigenvalue weighted by molar-refractivity contribution is -0.138. The summed E-state index contributed by atoms with van der Waals surface area (Å²) in [7, 11) is 3.28. The number of nitrogens with one attached hydrogen (secondary N) is 1. The molecule has 0 saturated heterocycles. The van der Waals surface area contributed by atoms with Gasteiger partial charge in [-0.05, 0) is 46.3 Å². The number of likely N-dealkylation sites (N-methyl/N-ethyl adjacent to an activating group) is 2. The standard InChI is InChI=1S/C17H33N7O3/c1-13(20-9-6-10-21-22-19)14(25)11-24(5)17(2,3)15(26)12-23(4)16(27)7-8-18/h13,20H,6-12,18H2,1-5H3. The molecule has 0 aliphatic carbocycles. The molecule has 0 rings (SSSR count). The number of ketones is 2. The normalized spacial score (nSPS) is 12.4. The fourth-order valence-corrected chi connectivity index (χ4v) is 2.22. The van der Waals surface area contributed by atoms with Crippen LogP contribution in [-0.2, 0) is 14.4 Å². The van der Waals surface area contributed by atoms with Crippen molar-refractivity contribution in [1.82, 2.24) is 15.1 Å². The first kappa shape index (κ1) is 25.0. The Bertz CT molecular complexity index is 559. The van der Waals surface area contributed by atoms with E-state index in [0.717, 1.165) is 0 Å². The van der Waals surface area contributed by atoms with Crippen molar-refractivity contribution in [3.8, 4) is 0 Å². The molecule has 0 fully saturated rings. The van der Waals surface area contributed by atoms with Crippen LogP contribution in [0.1, 0.15) is 33.6 Å². The summed E-state index contributed by atoms with van der Waals surface area (Å²) in [4.78, 5) is 42.5. The van der Waals surface area contributed by atoms with Crippen molar-refractivity contribution in [1.29, 1.82) is 0 Å². The highest BCUT2D eigenvalue weighted by atomic mass is 16.2. The second-order valence-corrected chi connectivity index (χ2v) is 7.08. The van der Waals surface area contributed by atoms with Crippen LogP contribution >= 0.6 is 0 Å². The Balaban J connectivity index is 4.59. The maximum Gasteiger partial charge on any atom is 0.223 e. The van der Waals surface area contributed by atoms with E-state index >= 15 is 0 Å². The molecule has 1 unspecified atom stereocenters. The van der Waals surface area contributed by atoms with Gasteiger partial charge in [-0.1, -0.05) is 5.11 Å². The summed E-state index contributed by atoms with van der Waals surface area (Å²) in [6, 6.07) is -0.377. The van der Waals surface area contributed by atoms with Crippen LogP contribution in [0.25, 0.3) is 10.4 Å². The molecular weight excluding hydrogens is 350 g/mol. The molecule has 0 aliphatic heterocycles. The van der Waals surface area contributed by atoms with Crippen molar-refractivity contribution in [2.24, 2.45) is 10.8 Å². The number of rotatable bonds is 14. The number of hydrogen-bond acceptors (Lipinski definition) is 7. The van der Waals surface area contributed by atoms with Gasteiger partial charge in [0, 0.05) is 31.5 Å². The summed E-state index contributed by atoms with van der Waals surface area (Å²) in [6.07, 6.45) is 0.839. The van der Waals surface area contributed by atoms with E-state index in [1.165, 1.54) is 4.90 Å². The third-order valence-corrected chi connectivity index (χ3v) is 4.63. The van der Waals surface area contributed by atoms with E-state index in [0.29, 0.717) is 19.5 Å². The van der Waals surface area contributed by atoms with Crippen molar-refractivity contribution < 1.29 is 14.4 Å². The van der Waals surface area contributed by atoms with Gasteiger partial charge in [-0.25, -0.2) is 0 Å². The lowest BCUT2D eigenvalue weighted by Gasteiger charge is -2.35. The van der Waals surface area contributed by atoms with Gasteiger partial charge in [0.05, 0.1) is 24.7 Å². The van der Waals surface area contributed by atoms with Gasteiger partial charge < -0.3 is 16.0 Å². The SMILES string of the molecule is CC(NCCCN=[N+]=[N-])C(=O)CN(C)C(C)(C)C(=O)CN(C)C(=O)CCN. The van der Waals surface area contributed by atoms with E-state index in [1.807, 2.05) is 0 Å². The molecule has 154 valence electrons. The third-order valence-electron chi connectivity index (χ3n) is 4.63. The van der Waals surface area contributed by atoms with E-state index < -0.39 is 5.54 Å². The van der Waals surface area contributed by atoms with Crippen LogP contribution in [0.15, 0.2) is 5.11 Å². The fourth-order valence-electron chi connectivity index (χ4n) is 2.22. The van der Waals surface area contributed by atoms with Crippen molar-refractivity contribution in [3.63, 3.8) is 0 Å². The highest BCUT2D eigenvalue weighted by Gasteiger charge is 2.34. The Morgan fingerprint density at radius 1 is 1.26 bits per heavy atom. The molecule has 0 bridgehead atoms. The van der Waals surface area contributed by atoms with E-state index in [4.69, 9.17) is 11.3 Å². The van der Waals surface area contributed by atoms with Crippen LogP contribution in [0, 0.1) is 0 Å². The molecule has 10 nitrogen and oxygen atoms in total. The highest BCUT2D eigenvalue weighted by molar-refractivity contribution is 5.93. The zero-order valence-corrected chi connectivity index (χ0v) is 17.1. The van der Waals surface area contributed by atoms with Gasteiger partial charge in [-0.2, -0.15) is 0 Å². The molecule has 0 aromatic carbocycles. The molecule has 0 radical (unpaired) electrons. The van der Waals surface area contributed by atoms with Gasteiger partial charge in [0.1, 0.15) is 0 Å². The molecule has 3 N–H and O–H groups in total. The van der Waals surface area contributed by atoms with Crippen molar-refractivity contribution in [2.75, 3.05) is 46.8 Å². The van der Waals surface area contributed by atoms with Gasteiger partial charge in [0.25, 0.3) is 0 Å². The van der Waals surface area contributed by atoms with Crippen LogP contribution in [0.2, 0.25) is 0 Å². The first-order chi connectivity index (χ1) is 12.6. The molecule has 0 aromatic heterocycles. The molecule has 1 atom stereocenters. The Labute approximate surface area is 161 Å². The quantitative estimate of drug-likeness (QED) is 0.191. The average Bonchev–Trinajstić information content (AvgIpc) is 2.61. The first-order valence-electron chi connectivity index (χ1n) is 9.03. The lowest BCUT2D eigenvalue weighted by atomic mass is 9.95. The van der Waals surface area contributed by atoms with E-state index in [1.54, 1.807) is 39.8 Å². The van der Waals surface area contributed by atoms with Gasteiger partial charge in [-0.3, -0.25) is 19.3 Å². The smallest absolute Gasteiger partial charge is 0.223 e. The van der Waals surface area contributed by atoms with Crippen LogP contribution < -0.4 is 11.1 Å². The molecule has 0 aliphatic rings. The summed E-state index contributed by atoms with van der Waals surface area (Å²) < 4.78 is 0. The predicted molar refractivity (Wildman–Crippen MR) is 104 cm³/mol. The van der Waals surface area contributed by atoms with Crippen LogP contribution in [-0.4, -0.2) is 85.7 Å². The minimum Gasteiger partial charge on any atom is -0.338 e. The fraction of sp³-hybridized carbons (Fsp3) is 0.824. The third kappa shape index (κ3) is 8.96. The average molecular weight is 383 g/mol. The van der Waals surface area contributed by atoms with Gasteiger partial charge in [0.15, 0.2) is 11.6 Å². The van der Waals surface area contributed by atoms with Gasteiger partial charge >= 0.3 is 0 Å². The number of amides is 1. The van der Waals surface area contributed by atoms with E-state index in [-0.39, 0.29) is 49.6 Å². The monoisotopic (exact) mass is 383 g/mol. The second kappa shape index (κ2) is 12.4. The zero-order chi connectivity index (χ0) is 21.0. The number of nitrogens with two attached hydrogens (primary N) is 1. The second-order valence-electron chi connectivity index (χ2n) is 7.08. The number of hydrogen-bond donors (Lipinski definition) is 2. The number of nitrogens with zero attached hydrogens (tertiary/aromatic N) is 5. The number of Topliss-reactive ketones (excluding diaryl/α,β-unsaturated/α-hetero) is 2. The number of azide groups is 1. The Kier molecular flexibility index (Phi) is 11.5. The summed E-state index contributed by atoms with van der Waals surface area (Å²) in [6.45, 7) is 6.49.